The molecule has 0 saturated heterocycles. The van der Waals surface area contributed by atoms with E-state index >= 15 is 0 Å². The summed E-state index contributed by atoms with van der Waals surface area (Å²) in [6.07, 6.45) is 4.93. The topological polar surface area (TPSA) is 40.7 Å². The zero-order valence-corrected chi connectivity index (χ0v) is 11.7. The van der Waals surface area contributed by atoms with Crippen LogP contribution in [0.1, 0.15) is 36.4 Å². The molecular formula is C16H21N3. The maximum absolute atomic E-state index is 4.52. The van der Waals surface area contributed by atoms with Gasteiger partial charge in [-0.15, -0.1) is 0 Å². The fraction of sp³-hybridized carbons (Fsp3) is 0.438. The standard InChI is InChI=1S/C16H21N3/c1-3-12-4-6-13(7-5-12)10-16(2)15-14(8-9-19-16)17-11-18-15/h4-7,11,19H,3,8-10H2,1-2H3,(H,17,18). The van der Waals surface area contributed by atoms with Crippen LogP contribution in [0.25, 0.3) is 0 Å². The van der Waals surface area contributed by atoms with Gasteiger partial charge in [-0.05, 0) is 30.9 Å². The largest absolute Gasteiger partial charge is 0.348 e. The summed E-state index contributed by atoms with van der Waals surface area (Å²) in [6, 6.07) is 8.94. The van der Waals surface area contributed by atoms with Crippen molar-refractivity contribution in [2.75, 3.05) is 6.54 Å². The number of aryl methyl sites for hydroxylation is 1. The molecule has 0 saturated carbocycles. The maximum Gasteiger partial charge on any atom is 0.0926 e. The van der Waals surface area contributed by atoms with E-state index in [9.17, 15) is 0 Å². The van der Waals surface area contributed by atoms with Gasteiger partial charge in [0.25, 0.3) is 0 Å². The van der Waals surface area contributed by atoms with Gasteiger partial charge >= 0.3 is 0 Å². The van der Waals surface area contributed by atoms with Gasteiger partial charge < -0.3 is 10.3 Å². The van der Waals surface area contributed by atoms with Crippen molar-refractivity contribution >= 4 is 0 Å². The first-order chi connectivity index (χ1) is 9.21. The quantitative estimate of drug-likeness (QED) is 0.885. The molecule has 19 heavy (non-hydrogen) atoms. The molecule has 2 N–H and O–H groups in total. The summed E-state index contributed by atoms with van der Waals surface area (Å²) in [7, 11) is 0. The van der Waals surface area contributed by atoms with E-state index in [1.165, 1.54) is 22.5 Å². The Morgan fingerprint density at radius 1 is 1.21 bits per heavy atom. The Labute approximate surface area is 114 Å². The van der Waals surface area contributed by atoms with Crippen LogP contribution in [0, 0.1) is 0 Å². The minimum Gasteiger partial charge on any atom is -0.348 e. The summed E-state index contributed by atoms with van der Waals surface area (Å²) >= 11 is 0. The summed E-state index contributed by atoms with van der Waals surface area (Å²) in [5.74, 6) is 0. The number of nitrogens with zero attached hydrogens (tertiary/aromatic N) is 1. The predicted octanol–water partition coefficient (Wildman–Crippen LogP) is 2.58. The number of nitrogens with one attached hydrogen (secondary N) is 2. The molecular weight excluding hydrogens is 234 g/mol. The highest BCUT2D eigenvalue weighted by Crippen LogP contribution is 2.29. The van der Waals surface area contributed by atoms with Crippen LogP contribution in [0.2, 0.25) is 0 Å². The van der Waals surface area contributed by atoms with Gasteiger partial charge in [-0.25, -0.2) is 4.98 Å². The van der Waals surface area contributed by atoms with Crippen LogP contribution in [0.5, 0.6) is 0 Å². The minimum atomic E-state index is -0.0543. The normalized spacial score (nSPS) is 22.2. The fourth-order valence-electron chi connectivity index (χ4n) is 2.98. The average Bonchev–Trinajstić information content (AvgIpc) is 2.90. The van der Waals surface area contributed by atoms with Crippen LogP contribution < -0.4 is 5.32 Å². The van der Waals surface area contributed by atoms with Gasteiger partial charge in [0.05, 0.1) is 17.6 Å². The monoisotopic (exact) mass is 255 g/mol. The second kappa shape index (κ2) is 4.82. The van der Waals surface area contributed by atoms with E-state index in [2.05, 4.69) is 53.4 Å². The molecule has 3 heteroatoms. The predicted molar refractivity (Wildman–Crippen MR) is 77.2 cm³/mol. The van der Waals surface area contributed by atoms with Crippen LogP contribution in [0.4, 0.5) is 0 Å². The van der Waals surface area contributed by atoms with Crippen LogP contribution in [-0.4, -0.2) is 16.5 Å². The van der Waals surface area contributed by atoms with Gasteiger partial charge in [0, 0.05) is 18.7 Å². The Balaban J connectivity index is 1.86. The van der Waals surface area contributed by atoms with E-state index in [1.54, 1.807) is 0 Å². The molecule has 0 bridgehead atoms. The van der Waals surface area contributed by atoms with Crippen LogP contribution >= 0.6 is 0 Å². The molecule has 1 atom stereocenters. The van der Waals surface area contributed by atoms with Gasteiger partial charge in [-0.1, -0.05) is 31.2 Å². The number of aromatic nitrogens is 2. The summed E-state index contributed by atoms with van der Waals surface area (Å²) < 4.78 is 0. The molecule has 100 valence electrons. The van der Waals surface area contributed by atoms with Crippen LogP contribution in [0.3, 0.4) is 0 Å². The molecule has 0 fully saturated rings. The zero-order chi connectivity index (χ0) is 13.3. The van der Waals surface area contributed by atoms with E-state index in [-0.39, 0.29) is 5.54 Å². The SMILES string of the molecule is CCc1ccc(CC2(C)NCCc3[nH]cnc32)cc1. The first kappa shape index (κ1) is 12.4. The molecule has 3 rings (SSSR count). The summed E-state index contributed by atoms with van der Waals surface area (Å²) in [5, 5.41) is 3.63. The molecule has 3 nitrogen and oxygen atoms in total. The van der Waals surface area contributed by atoms with Crippen molar-refractivity contribution in [3.8, 4) is 0 Å². The first-order valence-corrected chi connectivity index (χ1v) is 7.07. The van der Waals surface area contributed by atoms with Crippen molar-refractivity contribution in [1.29, 1.82) is 0 Å². The molecule has 0 radical (unpaired) electrons. The first-order valence-electron chi connectivity index (χ1n) is 7.07. The molecule has 0 aliphatic carbocycles. The summed E-state index contributed by atoms with van der Waals surface area (Å²) in [6.45, 7) is 5.45. The summed E-state index contributed by atoms with van der Waals surface area (Å²) in [4.78, 5) is 7.79. The summed E-state index contributed by atoms with van der Waals surface area (Å²) in [5.41, 5.74) is 5.17. The number of benzene rings is 1. The Hall–Kier alpha value is -1.61. The second-order valence-corrected chi connectivity index (χ2v) is 5.59. The lowest BCUT2D eigenvalue weighted by molar-refractivity contribution is 0.335. The lowest BCUT2D eigenvalue weighted by atomic mass is 9.85. The van der Waals surface area contributed by atoms with Crippen molar-refractivity contribution in [3.05, 3.63) is 53.1 Å². The number of rotatable bonds is 3. The molecule has 0 amide bonds. The van der Waals surface area contributed by atoms with Crippen molar-refractivity contribution in [2.24, 2.45) is 0 Å². The van der Waals surface area contributed by atoms with Crippen molar-refractivity contribution in [2.45, 2.75) is 38.6 Å². The van der Waals surface area contributed by atoms with E-state index < -0.39 is 0 Å². The number of fused-ring (bicyclic) bond motifs is 1. The molecule has 1 aromatic heterocycles. The third-order valence-corrected chi connectivity index (χ3v) is 4.12. The fourth-order valence-corrected chi connectivity index (χ4v) is 2.98. The molecule has 2 heterocycles. The minimum absolute atomic E-state index is 0.0543. The van der Waals surface area contributed by atoms with Crippen molar-refractivity contribution in [1.82, 2.24) is 15.3 Å². The number of hydrogen-bond donors (Lipinski definition) is 2. The maximum atomic E-state index is 4.52. The van der Waals surface area contributed by atoms with E-state index in [0.717, 1.165) is 25.8 Å². The Kier molecular flexibility index (Phi) is 3.15. The molecule has 1 unspecified atom stereocenters. The lowest BCUT2D eigenvalue weighted by Crippen LogP contribution is -2.46. The van der Waals surface area contributed by atoms with Gasteiger partial charge in [0.2, 0.25) is 0 Å². The molecule has 1 aliphatic rings. The van der Waals surface area contributed by atoms with E-state index in [4.69, 9.17) is 0 Å². The highest BCUT2D eigenvalue weighted by atomic mass is 15.1. The Morgan fingerprint density at radius 2 is 1.95 bits per heavy atom. The van der Waals surface area contributed by atoms with Crippen molar-refractivity contribution < 1.29 is 0 Å². The van der Waals surface area contributed by atoms with Crippen LogP contribution in [-0.2, 0) is 24.8 Å². The number of H-pyrrole nitrogens is 1. The Morgan fingerprint density at radius 3 is 2.68 bits per heavy atom. The molecule has 1 aromatic carbocycles. The smallest absolute Gasteiger partial charge is 0.0926 e. The van der Waals surface area contributed by atoms with Crippen molar-refractivity contribution in [3.63, 3.8) is 0 Å². The average molecular weight is 255 g/mol. The molecule has 1 aliphatic heterocycles. The van der Waals surface area contributed by atoms with Gasteiger partial charge in [-0.3, -0.25) is 0 Å². The van der Waals surface area contributed by atoms with Gasteiger partial charge in [0.1, 0.15) is 0 Å². The number of imidazole rings is 1. The van der Waals surface area contributed by atoms with E-state index in [1.807, 2.05) is 6.33 Å². The molecule has 2 aromatic rings. The van der Waals surface area contributed by atoms with Gasteiger partial charge in [-0.2, -0.15) is 0 Å². The lowest BCUT2D eigenvalue weighted by Gasteiger charge is -2.34. The highest BCUT2D eigenvalue weighted by molar-refractivity contribution is 5.30. The third-order valence-electron chi connectivity index (χ3n) is 4.12. The Bertz CT molecular complexity index is 556. The number of hydrogen-bond acceptors (Lipinski definition) is 2. The third kappa shape index (κ3) is 2.30. The van der Waals surface area contributed by atoms with Gasteiger partial charge in [0.15, 0.2) is 0 Å². The van der Waals surface area contributed by atoms with E-state index in [0.29, 0.717) is 0 Å². The van der Waals surface area contributed by atoms with Crippen LogP contribution in [0.15, 0.2) is 30.6 Å². The second-order valence-electron chi connectivity index (χ2n) is 5.59. The zero-order valence-electron chi connectivity index (χ0n) is 11.7. The number of aromatic amines is 1. The molecule has 0 spiro atoms. The highest BCUT2D eigenvalue weighted by Gasteiger charge is 2.34.